The summed E-state index contributed by atoms with van der Waals surface area (Å²) in [6, 6.07) is 9.50. The lowest BCUT2D eigenvalue weighted by atomic mass is 10.0. The third kappa shape index (κ3) is 4.06. The molecule has 1 aromatic carbocycles. The fraction of sp³-hybridized carbons (Fsp3) is 0.667. The van der Waals surface area contributed by atoms with Gasteiger partial charge in [0, 0.05) is 32.3 Å². The molecule has 1 aromatic rings. The summed E-state index contributed by atoms with van der Waals surface area (Å²) in [6.07, 6.45) is 5.39. The van der Waals surface area contributed by atoms with Crippen molar-refractivity contribution >= 4 is 0 Å². The van der Waals surface area contributed by atoms with E-state index in [2.05, 4.69) is 41.4 Å². The van der Waals surface area contributed by atoms with Gasteiger partial charge in [0.2, 0.25) is 0 Å². The number of fused-ring (bicyclic) bond motifs is 1. The number of rotatable bonds is 5. The van der Waals surface area contributed by atoms with E-state index < -0.39 is 0 Å². The lowest BCUT2D eigenvalue weighted by Gasteiger charge is -2.28. The average molecular weight is 288 g/mol. The molecule has 0 bridgehead atoms. The maximum Gasteiger partial charge on any atom is 0.0700 e. The molecule has 2 heterocycles. The lowest BCUT2D eigenvalue weighted by molar-refractivity contribution is 0.107. The third-order valence-corrected chi connectivity index (χ3v) is 4.84. The largest absolute Gasteiger partial charge is 0.377 e. The highest BCUT2D eigenvalue weighted by atomic mass is 16.5. The molecular weight excluding hydrogens is 260 g/mol. The van der Waals surface area contributed by atoms with Gasteiger partial charge in [0.15, 0.2) is 0 Å². The molecule has 116 valence electrons. The minimum Gasteiger partial charge on any atom is -0.377 e. The summed E-state index contributed by atoms with van der Waals surface area (Å²) < 4.78 is 5.67. The van der Waals surface area contributed by atoms with Crippen LogP contribution in [-0.2, 0) is 17.7 Å². The van der Waals surface area contributed by atoms with Gasteiger partial charge in [-0.1, -0.05) is 24.3 Å². The fourth-order valence-electron chi connectivity index (χ4n) is 3.49. The molecule has 0 radical (unpaired) electrons. The molecule has 0 amide bonds. The normalized spacial score (nSPS) is 24.5. The first-order valence-electron chi connectivity index (χ1n) is 8.46. The summed E-state index contributed by atoms with van der Waals surface area (Å²) in [4.78, 5) is 2.62. The Labute approximate surface area is 128 Å². The predicted molar refractivity (Wildman–Crippen MR) is 86.5 cm³/mol. The number of hydrogen-bond acceptors (Lipinski definition) is 3. The van der Waals surface area contributed by atoms with Gasteiger partial charge in [0.05, 0.1) is 6.10 Å². The van der Waals surface area contributed by atoms with Crippen molar-refractivity contribution in [3.05, 3.63) is 35.4 Å². The SMILES string of the molecule is CC(CNCC1CCCO1)N1CCCc2ccccc2C1. The van der Waals surface area contributed by atoms with Gasteiger partial charge < -0.3 is 10.1 Å². The zero-order valence-electron chi connectivity index (χ0n) is 13.2. The molecule has 21 heavy (non-hydrogen) atoms. The van der Waals surface area contributed by atoms with E-state index in [4.69, 9.17) is 4.74 Å². The van der Waals surface area contributed by atoms with E-state index in [0.717, 1.165) is 26.2 Å². The molecule has 1 N–H and O–H groups in total. The van der Waals surface area contributed by atoms with Crippen LogP contribution in [0.4, 0.5) is 0 Å². The third-order valence-electron chi connectivity index (χ3n) is 4.84. The molecule has 0 aromatic heterocycles. The van der Waals surface area contributed by atoms with Crippen LogP contribution in [0.15, 0.2) is 24.3 Å². The van der Waals surface area contributed by atoms with E-state index in [1.165, 1.54) is 37.8 Å². The van der Waals surface area contributed by atoms with Gasteiger partial charge in [-0.05, 0) is 50.3 Å². The maximum absolute atomic E-state index is 5.67. The number of nitrogens with one attached hydrogen (secondary N) is 1. The van der Waals surface area contributed by atoms with Crippen molar-refractivity contribution in [3.8, 4) is 0 Å². The lowest BCUT2D eigenvalue weighted by Crippen LogP contribution is -2.41. The molecule has 2 atom stereocenters. The number of hydrogen-bond donors (Lipinski definition) is 1. The zero-order chi connectivity index (χ0) is 14.5. The summed E-state index contributed by atoms with van der Waals surface area (Å²) in [5.41, 5.74) is 3.06. The second-order valence-corrected chi connectivity index (χ2v) is 6.49. The van der Waals surface area contributed by atoms with Crippen LogP contribution in [0.3, 0.4) is 0 Å². The second-order valence-electron chi connectivity index (χ2n) is 6.49. The standard InChI is InChI=1S/C18H28N2O/c1-15(12-19-13-18-9-5-11-21-18)20-10-4-8-16-6-2-3-7-17(16)14-20/h2-3,6-7,15,18-19H,4-5,8-14H2,1H3. The molecule has 2 aliphatic rings. The van der Waals surface area contributed by atoms with Gasteiger partial charge in [-0.25, -0.2) is 0 Å². The Morgan fingerprint density at radius 1 is 1.29 bits per heavy atom. The second kappa shape index (κ2) is 7.39. The first-order valence-corrected chi connectivity index (χ1v) is 8.46. The summed E-state index contributed by atoms with van der Waals surface area (Å²) in [7, 11) is 0. The molecule has 0 aliphatic carbocycles. The van der Waals surface area contributed by atoms with Crippen LogP contribution < -0.4 is 5.32 Å². The van der Waals surface area contributed by atoms with Crippen molar-refractivity contribution in [3.63, 3.8) is 0 Å². The van der Waals surface area contributed by atoms with Crippen LogP contribution in [0, 0.1) is 0 Å². The Morgan fingerprint density at radius 3 is 2.95 bits per heavy atom. The number of ether oxygens (including phenoxy) is 1. The van der Waals surface area contributed by atoms with Gasteiger partial charge >= 0.3 is 0 Å². The van der Waals surface area contributed by atoms with E-state index >= 15 is 0 Å². The maximum atomic E-state index is 5.67. The van der Waals surface area contributed by atoms with Crippen molar-refractivity contribution in [1.82, 2.24) is 10.2 Å². The number of benzene rings is 1. The summed E-state index contributed by atoms with van der Waals surface area (Å²) in [5, 5.41) is 3.60. The molecule has 2 aliphatic heterocycles. The van der Waals surface area contributed by atoms with E-state index in [-0.39, 0.29) is 0 Å². The van der Waals surface area contributed by atoms with E-state index in [1.54, 1.807) is 5.56 Å². The highest BCUT2D eigenvalue weighted by molar-refractivity contribution is 5.28. The molecule has 1 fully saturated rings. The molecule has 3 heteroatoms. The van der Waals surface area contributed by atoms with Gasteiger partial charge in [0.1, 0.15) is 0 Å². The summed E-state index contributed by atoms with van der Waals surface area (Å²) >= 11 is 0. The Balaban J connectivity index is 1.49. The Hall–Kier alpha value is -0.900. The summed E-state index contributed by atoms with van der Waals surface area (Å²) in [5.74, 6) is 0. The zero-order valence-corrected chi connectivity index (χ0v) is 13.2. The number of nitrogens with zero attached hydrogens (tertiary/aromatic N) is 1. The van der Waals surface area contributed by atoms with Crippen LogP contribution in [0.1, 0.15) is 37.3 Å². The molecule has 0 spiro atoms. The van der Waals surface area contributed by atoms with Gasteiger partial charge in [0.25, 0.3) is 0 Å². The van der Waals surface area contributed by atoms with Gasteiger partial charge in [-0.2, -0.15) is 0 Å². The minimum atomic E-state index is 0.446. The Morgan fingerprint density at radius 2 is 2.14 bits per heavy atom. The molecule has 0 saturated carbocycles. The fourth-order valence-corrected chi connectivity index (χ4v) is 3.49. The van der Waals surface area contributed by atoms with Crippen molar-refractivity contribution < 1.29 is 4.74 Å². The van der Waals surface area contributed by atoms with Crippen molar-refractivity contribution in [2.75, 3.05) is 26.2 Å². The van der Waals surface area contributed by atoms with Crippen LogP contribution in [0.5, 0.6) is 0 Å². The Bertz CT molecular complexity index is 443. The first kappa shape index (κ1) is 15.0. The highest BCUT2D eigenvalue weighted by Crippen LogP contribution is 2.19. The van der Waals surface area contributed by atoms with Crippen molar-refractivity contribution in [2.45, 2.75) is 51.3 Å². The van der Waals surface area contributed by atoms with E-state index in [0.29, 0.717) is 12.1 Å². The average Bonchev–Trinajstić information content (AvgIpc) is 2.91. The topological polar surface area (TPSA) is 24.5 Å². The highest BCUT2D eigenvalue weighted by Gasteiger charge is 2.20. The monoisotopic (exact) mass is 288 g/mol. The molecule has 2 unspecified atom stereocenters. The van der Waals surface area contributed by atoms with Gasteiger partial charge in [-0.15, -0.1) is 0 Å². The smallest absolute Gasteiger partial charge is 0.0700 e. The van der Waals surface area contributed by atoms with Crippen LogP contribution >= 0.6 is 0 Å². The molecular formula is C18H28N2O. The van der Waals surface area contributed by atoms with Crippen molar-refractivity contribution in [1.29, 1.82) is 0 Å². The van der Waals surface area contributed by atoms with Gasteiger partial charge in [-0.3, -0.25) is 4.90 Å². The quantitative estimate of drug-likeness (QED) is 0.901. The van der Waals surface area contributed by atoms with Crippen LogP contribution in [-0.4, -0.2) is 43.3 Å². The summed E-state index contributed by atoms with van der Waals surface area (Å²) in [6.45, 7) is 7.66. The molecule has 1 saturated heterocycles. The molecule has 3 rings (SSSR count). The molecule has 3 nitrogen and oxygen atoms in total. The Kier molecular flexibility index (Phi) is 5.28. The van der Waals surface area contributed by atoms with E-state index in [1.807, 2.05) is 0 Å². The van der Waals surface area contributed by atoms with Crippen molar-refractivity contribution in [2.24, 2.45) is 0 Å². The van der Waals surface area contributed by atoms with E-state index in [9.17, 15) is 0 Å². The first-order chi connectivity index (χ1) is 10.3. The number of aryl methyl sites for hydroxylation is 1. The van der Waals surface area contributed by atoms with Crippen LogP contribution in [0.25, 0.3) is 0 Å². The van der Waals surface area contributed by atoms with Crippen LogP contribution in [0.2, 0.25) is 0 Å². The predicted octanol–water partition coefficient (Wildman–Crippen LogP) is 2.59. The minimum absolute atomic E-state index is 0.446.